The van der Waals surface area contributed by atoms with Gasteiger partial charge in [-0.15, -0.1) is 0 Å². The molecule has 4 rings (SSSR count). The molecule has 2 N–H and O–H groups in total. The van der Waals surface area contributed by atoms with E-state index in [0.29, 0.717) is 31.7 Å². The largest absolute Gasteiger partial charge is 0.365 e. The number of aromatic nitrogens is 2. The molecule has 0 aliphatic carbocycles. The van der Waals surface area contributed by atoms with Gasteiger partial charge in [-0.1, -0.05) is 36.4 Å². The Kier molecular flexibility index (Phi) is 5.44. The van der Waals surface area contributed by atoms with E-state index >= 15 is 0 Å². The highest BCUT2D eigenvalue weighted by Gasteiger charge is 2.24. The van der Waals surface area contributed by atoms with Crippen molar-refractivity contribution in [1.82, 2.24) is 14.5 Å². The second-order valence-corrected chi connectivity index (χ2v) is 7.91. The summed E-state index contributed by atoms with van der Waals surface area (Å²) in [6.07, 6.45) is 1.20. The van der Waals surface area contributed by atoms with Crippen molar-refractivity contribution in [3.8, 4) is 0 Å². The summed E-state index contributed by atoms with van der Waals surface area (Å²) in [5.74, 6) is 0.431. The third-order valence-corrected chi connectivity index (χ3v) is 5.89. The van der Waals surface area contributed by atoms with Crippen LogP contribution in [0.2, 0.25) is 0 Å². The van der Waals surface area contributed by atoms with Crippen molar-refractivity contribution in [1.29, 1.82) is 0 Å². The van der Waals surface area contributed by atoms with Crippen molar-refractivity contribution in [2.45, 2.75) is 38.8 Å². The number of nitrogens with one attached hydrogen (secondary N) is 2. The van der Waals surface area contributed by atoms with E-state index in [0.717, 1.165) is 10.9 Å². The average Bonchev–Trinajstić information content (AvgIpc) is 2.73. The zero-order valence-corrected chi connectivity index (χ0v) is 17.2. The van der Waals surface area contributed by atoms with E-state index in [2.05, 4.69) is 34.6 Å². The van der Waals surface area contributed by atoms with Gasteiger partial charge >= 0.3 is 5.69 Å². The maximum absolute atomic E-state index is 12.7. The highest BCUT2D eigenvalue weighted by molar-refractivity contribution is 5.83. The van der Waals surface area contributed by atoms with E-state index in [4.69, 9.17) is 0 Å². The summed E-state index contributed by atoms with van der Waals surface area (Å²) >= 11 is 0. The zero-order chi connectivity index (χ0) is 21.3. The predicted molar refractivity (Wildman–Crippen MR) is 118 cm³/mol. The Morgan fingerprint density at radius 2 is 1.77 bits per heavy atom. The summed E-state index contributed by atoms with van der Waals surface area (Å²) in [5, 5.41) is 5.54. The Labute approximate surface area is 174 Å². The smallest absolute Gasteiger partial charge is 0.330 e. The summed E-state index contributed by atoms with van der Waals surface area (Å²) in [4.78, 5) is 41.4. The minimum absolute atomic E-state index is 0.0249. The molecule has 2 heterocycles. The fourth-order valence-corrected chi connectivity index (χ4v) is 4.16. The fourth-order valence-electron chi connectivity index (χ4n) is 4.16. The number of aromatic amines is 1. The number of amides is 1. The number of carbonyl (C=O) groups excluding carboxylic acids is 1. The van der Waals surface area contributed by atoms with Crippen LogP contribution >= 0.6 is 0 Å². The third kappa shape index (κ3) is 4.01. The van der Waals surface area contributed by atoms with Crippen molar-refractivity contribution in [3.63, 3.8) is 0 Å². The van der Waals surface area contributed by atoms with Gasteiger partial charge in [0.05, 0.1) is 0 Å². The first-order chi connectivity index (χ1) is 14.4. The SMILES string of the molecule is CC(=O)N1CCC(n2c(=O)cc(N[C@@H](C)c3ccc4ccccc4c3)[nH]c2=O)CC1. The summed E-state index contributed by atoms with van der Waals surface area (Å²) in [6, 6.07) is 15.5. The molecular formula is C23H26N4O3. The van der Waals surface area contributed by atoms with Crippen LogP contribution in [0.25, 0.3) is 10.8 Å². The lowest BCUT2D eigenvalue weighted by Crippen LogP contribution is -2.44. The Balaban J connectivity index is 1.52. The lowest BCUT2D eigenvalue weighted by molar-refractivity contribution is -0.130. The number of likely N-dealkylation sites (tertiary alicyclic amines) is 1. The number of fused-ring (bicyclic) bond motifs is 1. The molecule has 0 radical (unpaired) electrons. The van der Waals surface area contributed by atoms with E-state index in [1.807, 2.05) is 25.1 Å². The molecule has 0 saturated carbocycles. The lowest BCUT2D eigenvalue weighted by Gasteiger charge is -2.31. The number of benzene rings is 2. The second-order valence-electron chi connectivity index (χ2n) is 7.91. The first-order valence-electron chi connectivity index (χ1n) is 10.3. The number of nitrogens with zero attached hydrogens (tertiary/aromatic N) is 2. The van der Waals surface area contributed by atoms with Crippen LogP contribution in [0.3, 0.4) is 0 Å². The van der Waals surface area contributed by atoms with Crippen LogP contribution in [-0.2, 0) is 4.79 Å². The van der Waals surface area contributed by atoms with Crippen LogP contribution < -0.4 is 16.6 Å². The summed E-state index contributed by atoms with van der Waals surface area (Å²) in [7, 11) is 0. The monoisotopic (exact) mass is 406 g/mol. The number of carbonyl (C=O) groups is 1. The van der Waals surface area contributed by atoms with Crippen LogP contribution in [-0.4, -0.2) is 33.4 Å². The molecule has 1 fully saturated rings. The minimum Gasteiger partial charge on any atom is -0.365 e. The van der Waals surface area contributed by atoms with E-state index in [1.165, 1.54) is 22.9 Å². The molecule has 1 saturated heterocycles. The molecule has 7 heteroatoms. The number of hydrogen-bond donors (Lipinski definition) is 2. The van der Waals surface area contributed by atoms with E-state index in [-0.39, 0.29) is 23.6 Å². The number of hydrogen-bond acceptors (Lipinski definition) is 4. The highest BCUT2D eigenvalue weighted by Crippen LogP contribution is 2.23. The number of H-pyrrole nitrogens is 1. The van der Waals surface area contributed by atoms with Gasteiger partial charge in [0.25, 0.3) is 5.56 Å². The molecule has 7 nitrogen and oxygen atoms in total. The first-order valence-corrected chi connectivity index (χ1v) is 10.3. The molecule has 0 unspecified atom stereocenters. The number of rotatable bonds is 4. The van der Waals surface area contributed by atoms with Gasteiger partial charge in [-0.25, -0.2) is 4.79 Å². The molecule has 0 bridgehead atoms. The van der Waals surface area contributed by atoms with Crippen LogP contribution in [0.1, 0.15) is 44.3 Å². The fraction of sp³-hybridized carbons (Fsp3) is 0.348. The first kappa shape index (κ1) is 19.9. The molecule has 30 heavy (non-hydrogen) atoms. The standard InChI is InChI=1S/C23H26N4O3/c1-15(18-8-7-17-5-3-4-6-19(17)13-18)24-21-14-22(29)27(23(30)25-21)20-9-11-26(12-10-20)16(2)28/h3-8,13-15,20,24H,9-12H2,1-2H3,(H,25,30)/t15-/m0/s1. The van der Waals surface area contributed by atoms with E-state index < -0.39 is 5.69 Å². The Morgan fingerprint density at radius 3 is 2.43 bits per heavy atom. The van der Waals surface area contributed by atoms with Crippen molar-refractivity contribution >= 4 is 22.5 Å². The van der Waals surface area contributed by atoms with Gasteiger partial charge in [0.2, 0.25) is 5.91 Å². The molecule has 0 spiro atoms. The maximum atomic E-state index is 12.7. The maximum Gasteiger partial charge on any atom is 0.330 e. The normalized spacial score (nSPS) is 15.9. The van der Waals surface area contributed by atoms with Gasteiger partial charge in [-0.3, -0.25) is 19.1 Å². The number of anilines is 1. The Bertz CT molecular complexity index is 1160. The molecule has 156 valence electrons. The molecule has 3 aromatic rings. The Morgan fingerprint density at radius 1 is 1.07 bits per heavy atom. The molecule has 1 aliphatic rings. The summed E-state index contributed by atoms with van der Waals surface area (Å²) < 4.78 is 1.28. The molecule has 1 amide bonds. The molecular weight excluding hydrogens is 380 g/mol. The molecule has 1 atom stereocenters. The summed E-state index contributed by atoms with van der Waals surface area (Å²) in [5.41, 5.74) is 0.320. The van der Waals surface area contributed by atoms with Crippen molar-refractivity contribution in [2.24, 2.45) is 0 Å². The van der Waals surface area contributed by atoms with Gasteiger partial charge in [-0.2, -0.15) is 0 Å². The van der Waals surface area contributed by atoms with Gasteiger partial charge in [0.15, 0.2) is 0 Å². The average molecular weight is 406 g/mol. The topological polar surface area (TPSA) is 87.2 Å². The molecule has 1 aromatic heterocycles. The number of piperidine rings is 1. The highest BCUT2D eigenvalue weighted by atomic mass is 16.2. The van der Waals surface area contributed by atoms with E-state index in [9.17, 15) is 14.4 Å². The summed E-state index contributed by atoms with van der Waals surface area (Å²) in [6.45, 7) is 4.65. The van der Waals surface area contributed by atoms with Gasteiger partial charge < -0.3 is 10.2 Å². The molecule has 1 aliphatic heterocycles. The van der Waals surface area contributed by atoms with Gasteiger partial charge in [0.1, 0.15) is 5.82 Å². The van der Waals surface area contributed by atoms with Crippen molar-refractivity contribution in [3.05, 3.63) is 74.9 Å². The second kappa shape index (κ2) is 8.18. The van der Waals surface area contributed by atoms with Gasteiger partial charge in [-0.05, 0) is 42.2 Å². The zero-order valence-electron chi connectivity index (χ0n) is 17.2. The predicted octanol–water partition coefficient (Wildman–Crippen LogP) is 3.05. The van der Waals surface area contributed by atoms with E-state index in [1.54, 1.807) is 4.90 Å². The van der Waals surface area contributed by atoms with Crippen LogP contribution in [0.5, 0.6) is 0 Å². The van der Waals surface area contributed by atoms with Crippen LogP contribution in [0.4, 0.5) is 5.82 Å². The van der Waals surface area contributed by atoms with Gasteiger partial charge in [0, 0.05) is 38.2 Å². The van der Waals surface area contributed by atoms with Crippen molar-refractivity contribution < 1.29 is 4.79 Å². The van der Waals surface area contributed by atoms with Crippen LogP contribution in [0, 0.1) is 0 Å². The van der Waals surface area contributed by atoms with Crippen molar-refractivity contribution in [2.75, 3.05) is 18.4 Å². The third-order valence-electron chi connectivity index (χ3n) is 5.89. The van der Waals surface area contributed by atoms with Crippen LogP contribution in [0.15, 0.2) is 58.1 Å². The lowest BCUT2D eigenvalue weighted by atomic mass is 10.0. The quantitative estimate of drug-likeness (QED) is 0.697. The molecule has 2 aromatic carbocycles. The Hall–Kier alpha value is -3.35. The minimum atomic E-state index is -0.419.